The fourth-order valence-corrected chi connectivity index (χ4v) is 1.83. The maximum atomic E-state index is 12.1. The first-order chi connectivity index (χ1) is 9.10. The molecule has 1 heterocycles. The van der Waals surface area contributed by atoms with Crippen LogP contribution in [0.25, 0.3) is 0 Å². The quantitative estimate of drug-likeness (QED) is 0.883. The molecule has 2 rings (SSSR count). The SMILES string of the molecule is CNc1cc(C)ccc1C(=O)NCc1cc(C)on1. The van der Waals surface area contributed by atoms with Gasteiger partial charge in [-0.3, -0.25) is 4.79 Å². The molecule has 0 aliphatic rings. The van der Waals surface area contributed by atoms with E-state index in [9.17, 15) is 4.79 Å². The summed E-state index contributed by atoms with van der Waals surface area (Å²) in [5, 5.41) is 9.68. The number of anilines is 1. The van der Waals surface area contributed by atoms with Gasteiger partial charge in [-0.2, -0.15) is 0 Å². The zero-order valence-electron chi connectivity index (χ0n) is 11.3. The molecule has 1 aromatic heterocycles. The Kier molecular flexibility index (Phi) is 3.85. The van der Waals surface area contributed by atoms with Crippen LogP contribution in [0.5, 0.6) is 0 Å². The van der Waals surface area contributed by atoms with Crippen LogP contribution in [0.4, 0.5) is 5.69 Å². The normalized spacial score (nSPS) is 10.3. The lowest BCUT2D eigenvalue weighted by Crippen LogP contribution is -2.23. The van der Waals surface area contributed by atoms with E-state index in [1.807, 2.05) is 32.0 Å². The molecule has 1 amide bonds. The smallest absolute Gasteiger partial charge is 0.253 e. The lowest BCUT2D eigenvalue weighted by Gasteiger charge is -2.09. The summed E-state index contributed by atoms with van der Waals surface area (Å²) in [6.07, 6.45) is 0. The number of carbonyl (C=O) groups is 1. The Morgan fingerprint density at radius 1 is 1.32 bits per heavy atom. The number of benzene rings is 1. The number of nitrogens with one attached hydrogen (secondary N) is 2. The van der Waals surface area contributed by atoms with Crippen molar-refractivity contribution < 1.29 is 9.32 Å². The molecule has 2 N–H and O–H groups in total. The van der Waals surface area contributed by atoms with Crippen molar-refractivity contribution in [1.82, 2.24) is 10.5 Å². The Bertz CT molecular complexity index is 590. The van der Waals surface area contributed by atoms with Crippen LogP contribution in [0, 0.1) is 13.8 Å². The highest BCUT2D eigenvalue weighted by Gasteiger charge is 2.11. The van der Waals surface area contributed by atoms with Gasteiger partial charge in [0.25, 0.3) is 5.91 Å². The van der Waals surface area contributed by atoms with Crippen molar-refractivity contribution in [3.63, 3.8) is 0 Å². The lowest BCUT2D eigenvalue weighted by molar-refractivity contribution is 0.0951. The summed E-state index contributed by atoms with van der Waals surface area (Å²) >= 11 is 0. The summed E-state index contributed by atoms with van der Waals surface area (Å²) in [6.45, 7) is 4.16. The first-order valence-electron chi connectivity index (χ1n) is 6.09. The third kappa shape index (κ3) is 3.13. The Balaban J connectivity index is 2.07. The van der Waals surface area contributed by atoms with Crippen LogP contribution in [0.2, 0.25) is 0 Å². The van der Waals surface area contributed by atoms with Crippen molar-refractivity contribution >= 4 is 11.6 Å². The third-order valence-electron chi connectivity index (χ3n) is 2.80. The van der Waals surface area contributed by atoms with Crippen molar-refractivity contribution in [2.45, 2.75) is 20.4 Å². The molecule has 100 valence electrons. The fourth-order valence-electron chi connectivity index (χ4n) is 1.83. The van der Waals surface area contributed by atoms with E-state index in [2.05, 4.69) is 15.8 Å². The number of carbonyl (C=O) groups excluding carboxylic acids is 1. The molecule has 0 radical (unpaired) electrons. The van der Waals surface area contributed by atoms with E-state index in [-0.39, 0.29) is 5.91 Å². The zero-order valence-corrected chi connectivity index (χ0v) is 11.3. The summed E-state index contributed by atoms with van der Waals surface area (Å²) in [7, 11) is 1.80. The molecule has 0 unspecified atom stereocenters. The van der Waals surface area contributed by atoms with Gasteiger partial charge in [-0.15, -0.1) is 0 Å². The number of rotatable bonds is 4. The molecule has 0 aliphatic carbocycles. The Morgan fingerprint density at radius 3 is 2.74 bits per heavy atom. The second kappa shape index (κ2) is 5.56. The van der Waals surface area contributed by atoms with Gasteiger partial charge in [-0.05, 0) is 31.5 Å². The van der Waals surface area contributed by atoms with Crippen LogP contribution in [0.15, 0.2) is 28.8 Å². The number of hydrogen-bond acceptors (Lipinski definition) is 4. The Morgan fingerprint density at radius 2 is 2.11 bits per heavy atom. The highest BCUT2D eigenvalue weighted by atomic mass is 16.5. The van der Waals surface area contributed by atoms with Gasteiger partial charge in [0.15, 0.2) is 0 Å². The molecular formula is C14H17N3O2. The number of hydrogen-bond donors (Lipinski definition) is 2. The first-order valence-corrected chi connectivity index (χ1v) is 6.09. The average molecular weight is 259 g/mol. The minimum Gasteiger partial charge on any atom is -0.387 e. The van der Waals surface area contributed by atoms with Crippen LogP contribution < -0.4 is 10.6 Å². The van der Waals surface area contributed by atoms with Crippen LogP contribution in [0.3, 0.4) is 0 Å². The minimum absolute atomic E-state index is 0.134. The number of aryl methyl sites for hydroxylation is 2. The summed E-state index contributed by atoms with van der Waals surface area (Å²) in [5.74, 6) is 0.598. The van der Waals surface area contributed by atoms with Crippen molar-refractivity contribution in [3.8, 4) is 0 Å². The first kappa shape index (κ1) is 13.1. The van der Waals surface area contributed by atoms with E-state index in [1.165, 1.54) is 0 Å². The van der Waals surface area contributed by atoms with E-state index in [0.717, 1.165) is 17.0 Å². The average Bonchev–Trinajstić information content (AvgIpc) is 2.81. The molecule has 0 saturated heterocycles. The van der Waals surface area contributed by atoms with Crippen molar-refractivity contribution in [3.05, 3.63) is 46.8 Å². The molecule has 0 bridgehead atoms. The number of nitrogens with zero attached hydrogens (tertiary/aromatic N) is 1. The van der Waals surface area contributed by atoms with Crippen molar-refractivity contribution in [2.24, 2.45) is 0 Å². The molecule has 5 nitrogen and oxygen atoms in total. The number of aromatic nitrogens is 1. The third-order valence-corrected chi connectivity index (χ3v) is 2.80. The maximum absolute atomic E-state index is 12.1. The zero-order chi connectivity index (χ0) is 13.8. The van der Waals surface area contributed by atoms with Gasteiger partial charge in [0.05, 0.1) is 12.1 Å². The summed E-state index contributed by atoms with van der Waals surface area (Å²) < 4.78 is 4.95. The molecule has 19 heavy (non-hydrogen) atoms. The minimum atomic E-state index is -0.134. The second-order valence-electron chi connectivity index (χ2n) is 4.41. The van der Waals surface area contributed by atoms with Gasteiger partial charge in [0.2, 0.25) is 0 Å². The highest BCUT2D eigenvalue weighted by molar-refractivity contribution is 5.99. The number of amides is 1. The van der Waals surface area contributed by atoms with Crippen LogP contribution in [-0.2, 0) is 6.54 Å². The molecule has 0 atom stereocenters. The van der Waals surface area contributed by atoms with Gasteiger partial charge in [0, 0.05) is 18.8 Å². The second-order valence-corrected chi connectivity index (χ2v) is 4.41. The van der Waals surface area contributed by atoms with Crippen molar-refractivity contribution in [1.29, 1.82) is 0 Å². The van der Waals surface area contributed by atoms with Gasteiger partial charge in [-0.1, -0.05) is 11.2 Å². The summed E-state index contributed by atoms with van der Waals surface area (Å²) in [6, 6.07) is 7.46. The standard InChI is InChI=1S/C14H17N3O2/c1-9-4-5-12(13(6-9)15-3)14(18)16-8-11-7-10(2)19-17-11/h4-7,15H,8H2,1-3H3,(H,16,18). The van der Waals surface area contributed by atoms with Gasteiger partial charge in [0.1, 0.15) is 11.5 Å². The Labute approximate surface area is 112 Å². The lowest BCUT2D eigenvalue weighted by atomic mass is 10.1. The highest BCUT2D eigenvalue weighted by Crippen LogP contribution is 2.17. The molecule has 0 spiro atoms. The van der Waals surface area contributed by atoms with Gasteiger partial charge < -0.3 is 15.2 Å². The predicted octanol–water partition coefficient (Wildman–Crippen LogP) is 2.26. The molecular weight excluding hydrogens is 242 g/mol. The van der Waals surface area contributed by atoms with Crippen LogP contribution >= 0.6 is 0 Å². The predicted molar refractivity (Wildman–Crippen MR) is 73.1 cm³/mol. The van der Waals surface area contributed by atoms with E-state index >= 15 is 0 Å². The van der Waals surface area contributed by atoms with E-state index < -0.39 is 0 Å². The molecule has 0 saturated carbocycles. The van der Waals surface area contributed by atoms with E-state index in [1.54, 1.807) is 13.1 Å². The van der Waals surface area contributed by atoms with Crippen LogP contribution in [-0.4, -0.2) is 18.1 Å². The molecule has 0 fully saturated rings. The molecule has 2 aromatic rings. The maximum Gasteiger partial charge on any atom is 0.253 e. The molecule has 5 heteroatoms. The van der Waals surface area contributed by atoms with E-state index in [4.69, 9.17) is 4.52 Å². The summed E-state index contributed by atoms with van der Waals surface area (Å²) in [4.78, 5) is 12.1. The largest absolute Gasteiger partial charge is 0.387 e. The molecule has 0 aliphatic heterocycles. The fraction of sp³-hybridized carbons (Fsp3) is 0.286. The monoisotopic (exact) mass is 259 g/mol. The van der Waals surface area contributed by atoms with Gasteiger partial charge >= 0.3 is 0 Å². The Hall–Kier alpha value is -2.30. The van der Waals surface area contributed by atoms with Crippen molar-refractivity contribution in [2.75, 3.05) is 12.4 Å². The topological polar surface area (TPSA) is 67.2 Å². The molecule has 1 aromatic carbocycles. The summed E-state index contributed by atoms with van der Waals surface area (Å²) in [5.41, 5.74) is 3.25. The van der Waals surface area contributed by atoms with Crippen LogP contribution in [0.1, 0.15) is 27.4 Å². The van der Waals surface area contributed by atoms with E-state index in [0.29, 0.717) is 17.8 Å². The van der Waals surface area contributed by atoms with Gasteiger partial charge in [-0.25, -0.2) is 0 Å².